The van der Waals surface area contributed by atoms with E-state index in [-0.39, 0.29) is 5.91 Å². The van der Waals surface area contributed by atoms with Crippen molar-refractivity contribution >= 4 is 46.1 Å². The van der Waals surface area contributed by atoms with Crippen LogP contribution < -0.4 is 10.1 Å². The quantitative estimate of drug-likeness (QED) is 0.445. The number of carbonyl (C=O) groups excluding carboxylic acids is 1. The lowest BCUT2D eigenvalue weighted by Gasteiger charge is -2.09. The topological polar surface area (TPSA) is 81.9 Å². The van der Waals surface area contributed by atoms with Crippen LogP contribution in [-0.4, -0.2) is 25.4 Å². The molecule has 0 atom stereocenters. The SMILES string of the molecule is Cc1nccn1-c1cc(Oc2ccc(NC(=O)c3cc(Cl)sc3Cl)cc2)ncn1. The summed E-state index contributed by atoms with van der Waals surface area (Å²) >= 11 is 13.0. The molecule has 4 aromatic rings. The molecule has 7 nitrogen and oxygen atoms in total. The molecule has 3 heterocycles. The van der Waals surface area contributed by atoms with Crippen LogP contribution in [0.4, 0.5) is 5.69 Å². The van der Waals surface area contributed by atoms with E-state index in [1.807, 2.05) is 17.7 Å². The zero-order chi connectivity index (χ0) is 20.4. The van der Waals surface area contributed by atoms with Crippen LogP contribution in [0.1, 0.15) is 16.2 Å². The highest BCUT2D eigenvalue weighted by atomic mass is 35.5. The van der Waals surface area contributed by atoms with Gasteiger partial charge in [0.15, 0.2) is 0 Å². The van der Waals surface area contributed by atoms with Gasteiger partial charge in [-0.05, 0) is 37.3 Å². The van der Waals surface area contributed by atoms with Gasteiger partial charge in [0.1, 0.15) is 28.1 Å². The fraction of sp³-hybridized carbons (Fsp3) is 0.0526. The monoisotopic (exact) mass is 445 g/mol. The van der Waals surface area contributed by atoms with E-state index < -0.39 is 0 Å². The first kappa shape index (κ1) is 19.4. The number of aryl methyl sites for hydroxylation is 1. The van der Waals surface area contributed by atoms with Crippen molar-refractivity contribution in [1.82, 2.24) is 19.5 Å². The predicted molar refractivity (Wildman–Crippen MR) is 113 cm³/mol. The van der Waals surface area contributed by atoms with Crippen molar-refractivity contribution in [2.75, 3.05) is 5.32 Å². The average molecular weight is 446 g/mol. The second-order valence-corrected chi connectivity index (χ2v) is 8.16. The molecular weight excluding hydrogens is 433 g/mol. The Morgan fingerprint density at radius 2 is 1.93 bits per heavy atom. The van der Waals surface area contributed by atoms with Crippen molar-refractivity contribution < 1.29 is 9.53 Å². The number of amides is 1. The molecular formula is C19H13Cl2N5O2S. The molecule has 4 rings (SSSR count). The van der Waals surface area contributed by atoms with E-state index in [1.54, 1.807) is 36.5 Å². The summed E-state index contributed by atoms with van der Waals surface area (Å²) in [6.45, 7) is 1.88. The molecule has 0 spiro atoms. The lowest BCUT2D eigenvalue weighted by atomic mass is 10.2. The molecule has 1 amide bonds. The van der Waals surface area contributed by atoms with Crippen LogP contribution in [-0.2, 0) is 0 Å². The van der Waals surface area contributed by atoms with E-state index in [9.17, 15) is 4.79 Å². The summed E-state index contributed by atoms with van der Waals surface area (Å²) in [4.78, 5) is 24.8. The fourth-order valence-electron chi connectivity index (χ4n) is 2.56. The van der Waals surface area contributed by atoms with Crippen LogP contribution in [0, 0.1) is 6.92 Å². The number of rotatable bonds is 5. The number of imidazole rings is 1. The van der Waals surface area contributed by atoms with Crippen molar-refractivity contribution in [3.05, 3.63) is 75.2 Å². The standard InChI is InChI=1S/C19H13Cl2N5O2S/c1-11-22-6-7-26(11)16-9-17(24-10-23-16)28-13-4-2-12(3-5-13)25-19(27)14-8-15(20)29-18(14)21/h2-10H,1H3,(H,25,27). The minimum absolute atomic E-state index is 0.331. The van der Waals surface area contributed by atoms with Gasteiger partial charge in [-0.1, -0.05) is 23.2 Å². The van der Waals surface area contributed by atoms with E-state index in [2.05, 4.69) is 20.3 Å². The number of nitrogens with zero attached hydrogens (tertiary/aromatic N) is 4. The van der Waals surface area contributed by atoms with Crippen molar-refractivity contribution in [3.8, 4) is 17.4 Å². The fourth-order valence-corrected chi connectivity index (χ4v) is 4.02. The smallest absolute Gasteiger partial charge is 0.258 e. The number of ether oxygens (including phenoxy) is 1. The maximum atomic E-state index is 12.3. The third kappa shape index (κ3) is 4.40. The molecule has 1 aromatic carbocycles. The van der Waals surface area contributed by atoms with Crippen molar-refractivity contribution in [2.45, 2.75) is 6.92 Å². The number of hydrogen-bond acceptors (Lipinski definition) is 6. The normalized spacial score (nSPS) is 10.7. The first-order valence-electron chi connectivity index (χ1n) is 8.36. The van der Waals surface area contributed by atoms with E-state index in [0.717, 1.165) is 17.2 Å². The Morgan fingerprint density at radius 1 is 1.14 bits per heavy atom. The van der Waals surface area contributed by atoms with Crippen LogP contribution in [0.3, 0.4) is 0 Å². The number of halogens is 2. The van der Waals surface area contributed by atoms with Gasteiger partial charge in [-0.3, -0.25) is 9.36 Å². The summed E-state index contributed by atoms with van der Waals surface area (Å²) < 4.78 is 8.42. The van der Waals surface area contributed by atoms with Gasteiger partial charge in [0, 0.05) is 24.1 Å². The lowest BCUT2D eigenvalue weighted by molar-refractivity contribution is 0.102. The van der Waals surface area contributed by atoms with Gasteiger partial charge < -0.3 is 10.1 Å². The van der Waals surface area contributed by atoms with E-state index >= 15 is 0 Å². The van der Waals surface area contributed by atoms with Gasteiger partial charge in [-0.2, -0.15) is 0 Å². The molecule has 0 unspecified atom stereocenters. The molecule has 3 aromatic heterocycles. The number of nitrogens with one attached hydrogen (secondary N) is 1. The zero-order valence-electron chi connectivity index (χ0n) is 15.0. The number of anilines is 1. The maximum absolute atomic E-state index is 12.3. The summed E-state index contributed by atoms with van der Waals surface area (Å²) in [6.07, 6.45) is 4.93. The molecule has 0 saturated heterocycles. The van der Waals surface area contributed by atoms with Gasteiger partial charge in [0.25, 0.3) is 5.91 Å². The van der Waals surface area contributed by atoms with Crippen molar-refractivity contribution in [2.24, 2.45) is 0 Å². The Kier molecular flexibility index (Phi) is 5.48. The summed E-state index contributed by atoms with van der Waals surface area (Å²) in [5.74, 6) is 2.08. The Balaban J connectivity index is 1.45. The van der Waals surface area contributed by atoms with Crippen molar-refractivity contribution in [1.29, 1.82) is 0 Å². The van der Waals surface area contributed by atoms with Gasteiger partial charge in [0.2, 0.25) is 5.88 Å². The molecule has 146 valence electrons. The zero-order valence-corrected chi connectivity index (χ0v) is 17.3. The Labute approximate surface area is 179 Å². The average Bonchev–Trinajstić information content (AvgIpc) is 3.28. The van der Waals surface area contributed by atoms with Crippen LogP contribution in [0.2, 0.25) is 8.67 Å². The van der Waals surface area contributed by atoms with E-state index in [0.29, 0.717) is 37.4 Å². The molecule has 0 bridgehead atoms. The number of carbonyl (C=O) groups is 1. The van der Waals surface area contributed by atoms with Crippen LogP contribution in [0.5, 0.6) is 11.6 Å². The number of hydrogen-bond donors (Lipinski definition) is 1. The molecule has 1 N–H and O–H groups in total. The Morgan fingerprint density at radius 3 is 2.59 bits per heavy atom. The van der Waals surface area contributed by atoms with Crippen LogP contribution in [0.15, 0.2) is 55.1 Å². The highest BCUT2D eigenvalue weighted by Crippen LogP contribution is 2.32. The third-order valence-electron chi connectivity index (χ3n) is 3.94. The Hall–Kier alpha value is -2.94. The maximum Gasteiger partial charge on any atom is 0.258 e. The minimum atomic E-state index is -0.331. The highest BCUT2D eigenvalue weighted by Gasteiger charge is 2.14. The highest BCUT2D eigenvalue weighted by molar-refractivity contribution is 7.20. The molecule has 0 radical (unpaired) electrons. The summed E-state index contributed by atoms with van der Waals surface area (Å²) in [7, 11) is 0. The molecule has 10 heteroatoms. The number of aromatic nitrogens is 4. The summed E-state index contributed by atoms with van der Waals surface area (Å²) in [6, 6.07) is 10.1. The molecule has 0 fully saturated rings. The summed E-state index contributed by atoms with van der Waals surface area (Å²) in [5, 5.41) is 2.77. The van der Waals surface area contributed by atoms with Crippen LogP contribution >= 0.6 is 34.5 Å². The lowest BCUT2D eigenvalue weighted by Crippen LogP contribution is -2.11. The molecule has 0 aliphatic heterocycles. The van der Waals surface area contributed by atoms with E-state index in [1.165, 1.54) is 12.4 Å². The predicted octanol–water partition coefficient (Wildman–Crippen LogP) is 5.38. The molecule has 29 heavy (non-hydrogen) atoms. The van der Waals surface area contributed by atoms with Gasteiger partial charge in [0.05, 0.1) is 9.90 Å². The Bertz CT molecular complexity index is 1170. The number of thiophene rings is 1. The number of benzene rings is 1. The minimum Gasteiger partial charge on any atom is -0.439 e. The van der Waals surface area contributed by atoms with Crippen molar-refractivity contribution in [3.63, 3.8) is 0 Å². The molecule has 0 aliphatic carbocycles. The van der Waals surface area contributed by atoms with Crippen LogP contribution in [0.25, 0.3) is 5.82 Å². The largest absolute Gasteiger partial charge is 0.439 e. The van der Waals surface area contributed by atoms with Gasteiger partial charge in [-0.15, -0.1) is 11.3 Å². The molecule has 0 aliphatic rings. The first-order valence-corrected chi connectivity index (χ1v) is 9.93. The summed E-state index contributed by atoms with van der Waals surface area (Å²) in [5.41, 5.74) is 0.934. The third-order valence-corrected chi connectivity index (χ3v) is 5.42. The second-order valence-electron chi connectivity index (χ2n) is 5.88. The second kappa shape index (κ2) is 8.20. The van der Waals surface area contributed by atoms with Gasteiger partial charge >= 0.3 is 0 Å². The van der Waals surface area contributed by atoms with Gasteiger partial charge in [-0.25, -0.2) is 15.0 Å². The van der Waals surface area contributed by atoms with E-state index in [4.69, 9.17) is 27.9 Å². The molecule has 0 saturated carbocycles. The first-order chi connectivity index (χ1) is 14.0.